The summed E-state index contributed by atoms with van der Waals surface area (Å²) in [5, 5.41) is 15.6. The quantitative estimate of drug-likeness (QED) is 0.357. The first kappa shape index (κ1) is 16.1. The molecule has 0 aliphatic rings. The van der Waals surface area contributed by atoms with Crippen molar-refractivity contribution in [3.05, 3.63) is 58.3 Å². The van der Waals surface area contributed by atoms with Crippen LogP contribution in [0.15, 0.2) is 42.6 Å². The molecule has 0 spiro atoms. The fourth-order valence-corrected chi connectivity index (χ4v) is 1.50. The standard InChI is InChI=1S/C14H15N3O4/c1-3-7-15-14(19)13(16-10(2)18)9-11-5-4-6-12(8-11)17(20)21/h3-6,8-9H,1,7H2,2H3,(H,15,19)(H,16,18)/b13-9-. The van der Waals surface area contributed by atoms with Gasteiger partial charge in [-0.05, 0) is 11.6 Å². The number of hydrogen-bond donors (Lipinski definition) is 2. The Hall–Kier alpha value is -2.96. The zero-order chi connectivity index (χ0) is 15.8. The minimum atomic E-state index is -0.535. The van der Waals surface area contributed by atoms with Crippen LogP contribution in [-0.4, -0.2) is 23.3 Å². The summed E-state index contributed by atoms with van der Waals surface area (Å²) in [4.78, 5) is 33.2. The number of carbonyl (C=O) groups is 2. The summed E-state index contributed by atoms with van der Waals surface area (Å²) in [5.41, 5.74) is 0.337. The highest BCUT2D eigenvalue weighted by Crippen LogP contribution is 2.15. The van der Waals surface area contributed by atoms with Crippen LogP contribution in [0.3, 0.4) is 0 Å². The molecule has 0 saturated carbocycles. The van der Waals surface area contributed by atoms with E-state index in [2.05, 4.69) is 17.2 Å². The van der Waals surface area contributed by atoms with Gasteiger partial charge in [0.05, 0.1) is 4.92 Å². The van der Waals surface area contributed by atoms with Crippen LogP contribution in [0.2, 0.25) is 0 Å². The third-order valence-corrected chi connectivity index (χ3v) is 2.35. The third-order valence-electron chi connectivity index (χ3n) is 2.35. The molecule has 7 nitrogen and oxygen atoms in total. The van der Waals surface area contributed by atoms with Crippen molar-refractivity contribution in [3.8, 4) is 0 Å². The number of benzene rings is 1. The minimum Gasteiger partial charge on any atom is -0.347 e. The minimum absolute atomic E-state index is 0.00449. The van der Waals surface area contributed by atoms with Crippen LogP contribution in [0.5, 0.6) is 0 Å². The molecule has 7 heteroatoms. The van der Waals surface area contributed by atoms with Crippen molar-refractivity contribution in [2.75, 3.05) is 6.54 Å². The van der Waals surface area contributed by atoms with Crippen LogP contribution in [0, 0.1) is 10.1 Å². The lowest BCUT2D eigenvalue weighted by molar-refractivity contribution is -0.384. The summed E-state index contributed by atoms with van der Waals surface area (Å²) in [6.07, 6.45) is 2.86. The normalized spacial score (nSPS) is 10.6. The topological polar surface area (TPSA) is 101 Å². The van der Waals surface area contributed by atoms with Crippen molar-refractivity contribution in [1.82, 2.24) is 10.6 Å². The first-order valence-corrected chi connectivity index (χ1v) is 6.07. The van der Waals surface area contributed by atoms with Crippen LogP contribution in [0.25, 0.3) is 6.08 Å². The van der Waals surface area contributed by atoms with Gasteiger partial charge in [-0.3, -0.25) is 19.7 Å². The average molecular weight is 289 g/mol. The Morgan fingerprint density at radius 3 is 2.71 bits per heavy atom. The molecule has 1 rings (SSSR count). The fraction of sp³-hybridized carbons (Fsp3) is 0.143. The number of carbonyl (C=O) groups excluding carboxylic acids is 2. The van der Waals surface area contributed by atoms with Gasteiger partial charge >= 0.3 is 0 Å². The first-order chi connectivity index (χ1) is 9.93. The zero-order valence-corrected chi connectivity index (χ0v) is 11.5. The lowest BCUT2D eigenvalue weighted by Gasteiger charge is -2.08. The highest BCUT2D eigenvalue weighted by Gasteiger charge is 2.11. The van der Waals surface area contributed by atoms with Gasteiger partial charge in [0.1, 0.15) is 5.70 Å². The Balaban J connectivity index is 3.09. The number of rotatable bonds is 6. The van der Waals surface area contributed by atoms with Gasteiger partial charge < -0.3 is 10.6 Å². The van der Waals surface area contributed by atoms with Crippen LogP contribution in [0.1, 0.15) is 12.5 Å². The number of nitro benzene ring substituents is 1. The van der Waals surface area contributed by atoms with E-state index in [1.807, 2.05) is 0 Å². The van der Waals surface area contributed by atoms with Crippen molar-refractivity contribution >= 4 is 23.6 Å². The van der Waals surface area contributed by atoms with E-state index in [0.29, 0.717) is 5.56 Å². The SMILES string of the molecule is C=CCNC(=O)/C(=C/c1cccc([N+](=O)[O-])c1)NC(C)=O. The van der Waals surface area contributed by atoms with Gasteiger partial charge in [-0.1, -0.05) is 18.2 Å². The molecule has 1 aromatic rings. The third kappa shape index (κ3) is 5.27. The van der Waals surface area contributed by atoms with Crippen LogP contribution >= 0.6 is 0 Å². The maximum atomic E-state index is 11.9. The molecule has 0 saturated heterocycles. The smallest absolute Gasteiger partial charge is 0.270 e. The highest BCUT2D eigenvalue weighted by molar-refractivity contribution is 6.01. The summed E-state index contributed by atoms with van der Waals surface area (Å²) >= 11 is 0. The molecule has 0 heterocycles. The molecule has 21 heavy (non-hydrogen) atoms. The van der Waals surface area contributed by atoms with Crippen molar-refractivity contribution in [2.24, 2.45) is 0 Å². The monoisotopic (exact) mass is 289 g/mol. The van der Waals surface area contributed by atoms with E-state index >= 15 is 0 Å². The van der Waals surface area contributed by atoms with Crippen LogP contribution in [-0.2, 0) is 9.59 Å². The molecule has 0 radical (unpaired) electrons. The predicted molar refractivity (Wildman–Crippen MR) is 78.1 cm³/mol. The predicted octanol–water partition coefficient (Wildman–Crippen LogP) is 1.37. The van der Waals surface area contributed by atoms with Gasteiger partial charge in [-0.25, -0.2) is 0 Å². The van der Waals surface area contributed by atoms with Gasteiger partial charge in [-0.15, -0.1) is 6.58 Å². The van der Waals surface area contributed by atoms with Crippen molar-refractivity contribution in [1.29, 1.82) is 0 Å². The summed E-state index contributed by atoms with van der Waals surface area (Å²) in [6, 6.07) is 5.74. The summed E-state index contributed by atoms with van der Waals surface area (Å²) in [7, 11) is 0. The van der Waals surface area contributed by atoms with Gasteiger partial charge in [-0.2, -0.15) is 0 Å². The maximum Gasteiger partial charge on any atom is 0.270 e. The Labute approximate surface area is 121 Å². The number of non-ortho nitro benzene ring substituents is 1. The molecule has 110 valence electrons. The molecular formula is C14H15N3O4. The molecule has 2 amide bonds. The largest absolute Gasteiger partial charge is 0.347 e. The molecule has 0 aliphatic carbocycles. The summed E-state index contributed by atoms with van der Waals surface area (Å²) < 4.78 is 0. The van der Waals surface area contributed by atoms with E-state index < -0.39 is 16.7 Å². The van der Waals surface area contributed by atoms with Gasteiger partial charge in [0.2, 0.25) is 5.91 Å². The molecule has 1 aromatic carbocycles. The van der Waals surface area contributed by atoms with Crippen molar-refractivity contribution < 1.29 is 14.5 Å². The summed E-state index contributed by atoms with van der Waals surface area (Å²) in [6.45, 7) is 4.98. The molecule has 0 unspecified atom stereocenters. The number of hydrogen-bond acceptors (Lipinski definition) is 4. The van der Waals surface area contributed by atoms with E-state index in [4.69, 9.17) is 0 Å². The Morgan fingerprint density at radius 1 is 1.43 bits per heavy atom. The van der Waals surface area contributed by atoms with Crippen LogP contribution < -0.4 is 10.6 Å². The molecular weight excluding hydrogens is 274 g/mol. The lowest BCUT2D eigenvalue weighted by Crippen LogP contribution is -2.33. The summed E-state index contributed by atoms with van der Waals surface area (Å²) in [5.74, 6) is -0.919. The molecule has 0 bridgehead atoms. The molecule has 0 aliphatic heterocycles. The average Bonchev–Trinajstić information content (AvgIpc) is 2.43. The zero-order valence-electron chi connectivity index (χ0n) is 11.5. The van der Waals surface area contributed by atoms with E-state index in [-0.39, 0.29) is 17.9 Å². The van der Waals surface area contributed by atoms with Crippen LogP contribution in [0.4, 0.5) is 5.69 Å². The Morgan fingerprint density at radius 2 is 2.14 bits per heavy atom. The van der Waals surface area contributed by atoms with Gasteiger partial charge in [0.15, 0.2) is 0 Å². The fourth-order valence-electron chi connectivity index (χ4n) is 1.50. The number of nitro groups is 1. The second kappa shape index (κ2) is 7.59. The Bertz CT molecular complexity index is 608. The number of amides is 2. The van der Waals surface area contributed by atoms with E-state index in [1.165, 1.54) is 37.3 Å². The molecule has 0 fully saturated rings. The number of nitrogens with one attached hydrogen (secondary N) is 2. The van der Waals surface area contributed by atoms with Crippen molar-refractivity contribution in [2.45, 2.75) is 6.92 Å². The Kier molecular flexibility index (Phi) is 5.81. The molecule has 0 aromatic heterocycles. The second-order valence-electron chi connectivity index (χ2n) is 4.09. The molecule has 0 atom stereocenters. The number of nitrogens with zero attached hydrogens (tertiary/aromatic N) is 1. The van der Waals surface area contributed by atoms with E-state index in [0.717, 1.165) is 0 Å². The molecule has 2 N–H and O–H groups in total. The first-order valence-electron chi connectivity index (χ1n) is 6.07. The highest BCUT2D eigenvalue weighted by atomic mass is 16.6. The van der Waals surface area contributed by atoms with Gasteiger partial charge in [0.25, 0.3) is 11.6 Å². The van der Waals surface area contributed by atoms with Gasteiger partial charge in [0, 0.05) is 25.6 Å². The maximum absolute atomic E-state index is 11.9. The second-order valence-corrected chi connectivity index (χ2v) is 4.09. The van der Waals surface area contributed by atoms with E-state index in [9.17, 15) is 19.7 Å². The lowest BCUT2D eigenvalue weighted by atomic mass is 10.1. The van der Waals surface area contributed by atoms with Crippen molar-refractivity contribution in [3.63, 3.8) is 0 Å². The van der Waals surface area contributed by atoms with E-state index in [1.54, 1.807) is 6.07 Å².